The summed E-state index contributed by atoms with van der Waals surface area (Å²) >= 11 is 3.32. The molecule has 22 heavy (non-hydrogen) atoms. The van der Waals surface area contributed by atoms with Crippen LogP contribution in [0.25, 0.3) is 0 Å². The van der Waals surface area contributed by atoms with Gasteiger partial charge in [0.2, 0.25) is 0 Å². The highest BCUT2D eigenvalue weighted by molar-refractivity contribution is 9.10. The van der Waals surface area contributed by atoms with Gasteiger partial charge in [-0.2, -0.15) is 0 Å². The van der Waals surface area contributed by atoms with Gasteiger partial charge in [-0.05, 0) is 41.5 Å². The topological polar surface area (TPSA) is 63.6 Å². The van der Waals surface area contributed by atoms with Crippen molar-refractivity contribution in [3.8, 4) is 5.75 Å². The number of carboxylic acid groups (broad SMARTS) is 1. The van der Waals surface area contributed by atoms with Crippen molar-refractivity contribution in [1.29, 1.82) is 0 Å². The van der Waals surface area contributed by atoms with Crippen LogP contribution in [0.3, 0.4) is 0 Å². The Morgan fingerprint density at radius 3 is 2.00 bits per heavy atom. The average Bonchev–Trinajstić information content (AvgIpc) is 2.39. The summed E-state index contributed by atoms with van der Waals surface area (Å²) in [7, 11) is 0. The number of esters is 1. The van der Waals surface area contributed by atoms with Gasteiger partial charge < -0.3 is 9.84 Å². The molecule has 0 radical (unpaired) electrons. The molecule has 1 rings (SSSR count). The van der Waals surface area contributed by atoms with Crippen LogP contribution < -0.4 is 4.74 Å². The smallest absolute Gasteiger partial charge is 0.311 e. The maximum absolute atomic E-state index is 12.3. The second-order valence-electron chi connectivity index (χ2n) is 6.22. The Hall–Kier alpha value is -1.36. The number of hydrogen-bond acceptors (Lipinski definition) is 3. The summed E-state index contributed by atoms with van der Waals surface area (Å²) in [5, 5.41) is 9.22. The molecule has 0 fully saturated rings. The molecular formula is C17H23BrO4. The Morgan fingerprint density at radius 1 is 1.09 bits per heavy atom. The number of hydrogen-bond donors (Lipinski definition) is 1. The van der Waals surface area contributed by atoms with Gasteiger partial charge in [0.05, 0.1) is 12.8 Å². The van der Waals surface area contributed by atoms with Gasteiger partial charge in [0.15, 0.2) is 0 Å². The van der Waals surface area contributed by atoms with Gasteiger partial charge in [-0.15, -0.1) is 0 Å². The van der Waals surface area contributed by atoms with Crippen LogP contribution in [0.4, 0.5) is 0 Å². The Kier molecular flexibility index (Phi) is 6.60. The van der Waals surface area contributed by atoms with Crippen molar-refractivity contribution in [3.05, 3.63) is 28.7 Å². The summed E-state index contributed by atoms with van der Waals surface area (Å²) in [5.41, 5.74) is -0.613. The molecule has 0 aliphatic heterocycles. The van der Waals surface area contributed by atoms with Crippen LogP contribution in [0.5, 0.6) is 5.75 Å². The minimum Gasteiger partial charge on any atom is -0.481 e. The Labute approximate surface area is 140 Å². The fourth-order valence-corrected chi connectivity index (χ4v) is 3.03. The fraction of sp³-hybridized carbons (Fsp3) is 0.529. The first-order valence-corrected chi connectivity index (χ1v) is 8.14. The zero-order chi connectivity index (χ0) is 16.9. The summed E-state index contributed by atoms with van der Waals surface area (Å²) in [4.78, 5) is 23.5. The van der Waals surface area contributed by atoms with E-state index in [2.05, 4.69) is 15.9 Å². The molecule has 0 unspecified atom stereocenters. The van der Waals surface area contributed by atoms with E-state index >= 15 is 0 Å². The molecule has 1 aromatic rings. The van der Waals surface area contributed by atoms with E-state index in [-0.39, 0.29) is 24.7 Å². The van der Waals surface area contributed by atoms with Crippen molar-refractivity contribution in [2.24, 2.45) is 17.3 Å². The molecule has 0 bridgehead atoms. The van der Waals surface area contributed by atoms with Crippen LogP contribution in [0.2, 0.25) is 0 Å². The standard InChI is InChI=1S/C17H23BrO4/c1-11(2)17(12(3)4,9-15(19)20)10-16(21)22-14-7-5-13(18)6-8-14/h5-8,11-12H,9-10H2,1-4H3,(H,19,20). The second kappa shape index (κ2) is 7.77. The predicted octanol–water partition coefficient (Wildman–Crippen LogP) is 4.52. The first kappa shape index (κ1) is 18.7. The van der Waals surface area contributed by atoms with E-state index in [1.165, 1.54) is 0 Å². The molecule has 0 saturated carbocycles. The zero-order valence-electron chi connectivity index (χ0n) is 13.4. The third kappa shape index (κ3) is 4.83. The number of rotatable bonds is 7. The van der Waals surface area contributed by atoms with Gasteiger partial charge >= 0.3 is 11.9 Å². The third-order valence-corrected chi connectivity index (χ3v) is 4.83. The number of ether oxygens (including phenoxy) is 1. The lowest BCUT2D eigenvalue weighted by Gasteiger charge is -2.39. The minimum absolute atomic E-state index is 0.0439. The van der Waals surface area contributed by atoms with E-state index in [1.54, 1.807) is 24.3 Å². The predicted molar refractivity (Wildman–Crippen MR) is 88.8 cm³/mol. The highest BCUT2D eigenvalue weighted by atomic mass is 79.9. The quantitative estimate of drug-likeness (QED) is 0.566. The maximum Gasteiger partial charge on any atom is 0.311 e. The van der Waals surface area contributed by atoms with E-state index in [0.717, 1.165) is 4.47 Å². The van der Waals surface area contributed by atoms with Crippen molar-refractivity contribution in [2.75, 3.05) is 0 Å². The molecule has 4 nitrogen and oxygen atoms in total. The summed E-state index contributed by atoms with van der Waals surface area (Å²) in [6, 6.07) is 6.98. The van der Waals surface area contributed by atoms with E-state index in [9.17, 15) is 14.7 Å². The van der Waals surface area contributed by atoms with Crippen molar-refractivity contribution in [3.63, 3.8) is 0 Å². The van der Waals surface area contributed by atoms with Crippen LogP contribution in [0, 0.1) is 17.3 Å². The number of carbonyl (C=O) groups excluding carboxylic acids is 1. The van der Waals surface area contributed by atoms with Crippen molar-refractivity contribution in [1.82, 2.24) is 0 Å². The van der Waals surface area contributed by atoms with E-state index in [4.69, 9.17) is 4.74 Å². The van der Waals surface area contributed by atoms with Gasteiger partial charge in [0.1, 0.15) is 5.75 Å². The van der Waals surface area contributed by atoms with Gasteiger partial charge in [0.25, 0.3) is 0 Å². The lowest BCUT2D eigenvalue weighted by atomic mass is 9.64. The van der Waals surface area contributed by atoms with Crippen LogP contribution in [-0.2, 0) is 9.59 Å². The summed E-state index contributed by atoms with van der Waals surface area (Å²) in [5.74, 6) is -0.711. The SMILES string of the molecule is CC(C)C(CC(=O)O)(CC(=O)Oc1ccc(Br)cc1)C(C)C. The molecular weight excluding hydrogens is 348 g/mol. The van der Waals surface area contributed by atoms with Crippen LogP contribution in [-0.4, -0.2) is 17.0 Å². The van der Waals surface area contributed by atoms with Gasteiger partial charge in [0, 0.05) is 4.47 Å². The Bertz CT molecular complexity index is 512. The largest absolute Gasteiger partial charge is 0.481 e. The number of carbonyl (C=O) groups is 2. The number of benzene rings is 1. The molecule has 0 aliphatic rings. The minimum atomic E-state index is -0.890. The molecule has 0 spiro atoms. The molecule has 1 aromatic carbocycles. The lowest BCUT2D eigenvalue weighted by molar-refractivity contribution is -0.146. The highest BCUT2D eigenvalue weighted by Gasteiger charge is 2.41. The molecule has 1 N–H and O–H groups in total. The van der Waals surface area contributed by atoms with Crippen LogP contribution in [0.1, 0.15) is 40.5 Å². The number of carboxylic acids is 1. The highest BCUT2D eigenvalue weighted by Crippen LogP contribution is 2.43. The van der Waals surface area contributed by atoms with E-state index in [1.807, 2.05) is 27.7 Å². The van der Waals surface area contributed by atoms with E-state index < -0.39 is 17.4 Å². The molecule has 0 aliphatic carbocycles. The number of halogens is 1. The fourth-order valence-electron chi connectivity index (χ4n) is 2.77. The van der Waals surface area contributed by atoms with Gasteiger partial charge in [-0.3, -0.25) is 9.59 Å². The zero-order valence-corrected chi connectivity index (χ0v) is 15.0. The normalized spacial score (nSPS) is 11.8. The molecule has 5 heteroatoms. The summed E-state index contributed by atoms with van der Waals surface area (Å²) in [6.07, 6.45) is 0.0441. The van der Waals surface area contributed by atoms with Crippen LogP contribution in [0.15, 0.2) is 28.7 Å². The number of aliphatic carboxylic acids is 1. The molecule has 0 aromatic heterocycles. The van der Waals surface area contributed by atoms with Gasteiger partial charge in [-0.25, -0.2) is 0 Å². The molecule has 0 saturated heterocycles. The first-order chi connectivity index (χ1) is 10.2. The summed E-state index contributed by atoms with van der Waals surface area (Å²) in [6.45, 7) is 7.82. The molecule has 0 heterocycles. The van der Waals surface area contributed by atoms with Crippen molar-refractivity contribution >= 4 is 27.9 Å². The maximum atomic E-state index is 12.3. The lowest BCUT2D eigenvalue weighted by Crippen LogP contribution is -2.38. The second-order valence-corrected chi connectivity index (χ2v) is 7.13. The first-order valence-electron chi connectivity index (χ1n) is 7.35. The van der Waals surface area contributed by atoms with Crippen LogP contribution >= 0.6 is 15.9 Å². The Balaban J connectivity index is 2.90. The molecule has 0 atom stereocenters. The monoisotopic (exact) mass is 370 g/mol. The average molecular weight is 371 g/mol. The van der Waals surface area contributed by atoms with Crippen molar-refractivity contribution in [2.45, 2.75) is 40.5 Å². The molecule has 122 valence electrons. The van der Waals surface area contributed by atoms with Crippen molar-refractivity contribution < 1.29 is 19.4 Å². The van der Waals surface area contributed by atoms with Gasteiger partial charge in [-0.1, -0.05) is 43.6 Å². The summed E-state index contributed by atoms with van der Waals surface area (Å²) < 4.78 is 6.25. The molecule has 0 amide bonds. The van der Waals surface area contributed by atoms with E-state index in [0.29, 0.717) is 5.75 Å². The third-order valence-electron chi connectivity index (χ3n) is 4.30. The Morgan fingerprint density at radius 2 is 1.59 bits per heavy atom.